The Hall–Kier alpha value is -3.02. The number of hydrogen-bond acceptors (Lipinski definition) is 4. The Labute approximate surface area is 134 Å². The molecule has 120 valence electrons. The number of furan rings is 1. The van der Waals surface area contributed by atoms with E-state index in [1.165, 1.54) is 18.4 Å². The van der Waals surface area contributed by atoms with Gasteiger partial charge in [-0.05, 0) is 38.1 Å². The maximum atomic E-state index is 11.8. The van der Waals surface area contributed by atoms with E-state index in [4.69, 9.17) is 9.15 Å². The van der Waals surface area contributed by atoms with Gasteiger partial charge in [0.15, 0.2) is 0 Å². The molecule has 0 aliphatic carbocycles. The van der Waals surface area contributed by atoms with Crippen LogP contribution in [-0.2, 0) is 4.79 Å². The highest BCUT2D eigenvalue weighted by molar-refractivity contribution is 5.98. The van der Waals surface area contributed by atoms with E-state index in [2.05, 4.69) is 10.9 Å². The molecule has 2 amide bonds. The molecule has 2 rings (SSSR count). The molecular formula is C17H18N2O4. The first-order valence-corrected chi connectivity index (χ1v) is 6.98. The quantitative estimate of drug-likeness (QED) is 0.670. The second-order valence-corrected chi connectivity index (χ2v) is 4.91. The molecule has 0 saturated heterocycles. The number of amides is 2. The molecule has 1 aromatic carbocycles. The van der Waals surface area contributed by atoms with Crippen LogP contribution in [0, 0.1) is 13.8 Å². The minimum Gasteiger partial charge on any atom is -0.496 e. The number of nitrogens with one attached hydrogen (secondary N) is 2. The first-order chi connectivity index (χ1) is 11.0. The van der Waals surface area contributed by atoms with E-state index in [1.807, 2.05) is 25.1 Å². The summed E-state index contributed by atoms with van der Waals surface area (Å²) in [5.41, 5.74) is 6.83. The van der Waals surface area contributed by atoms with Crippen molar-refractivity contribution in [3.8, 4) is 5.75 Å². The third-order valence-corrected chi connectivity index (χ3v) is 3.20. The smallest absolute Gasteiger partial charge is 0.273 e. The predicted molar refractivity (Wildman–Crippen MR) is 85.8 cm³/mol. The van der Waals surface area contributed by atoms with E-state index in [0.717, 1.165) is 11.1 Å². The molecule has 2 N–H and O–H groups in total. The van der Waals surface area contributed by atoms with Crippen LogP contribution in [0.15, 0.2) is 41.0 Å². The number of rotatable bonds is 4. The van der Waals surface area contributed by atoms with Gasteiger partial charge in [-0.2, -0.15) is 0 Å². The van der Waals surface area contributed by atoms with Crippen molar-refractivity contribution in [1.82, 2.24) is 10.9 Å². The van der Waals surface area contributed by atoms with Crippen LogP contribution >= 0.6 is 0 Å². The zero-order chi connectivity index (χ0) is 16.8. The van der Waals surface area contributed by atoms with Crippen molar-refractivity contribution in [2.24, 2.45) is 0 Å². The minimum absolute atomic E-state index is 0.370. The summed E-state index contributed by atoms with van der Waals surface area (Å²) in [4.78, 5) is 23.6. The molecule has 1 aromatic heterocycles. The highest BCUT2D eigenvalue weighted by atomic mass is 16.5. The van der Waals surface area contributed by atoms with Crippen molar-refractivity contribution in [3.05, 3.63) is 59.1 Å². The fourth-order valence-electron chi connectivity index (χ4n) is 2.00. The summed E-state index contributed by atoms with van der Waals surface area (Å²) in [6.07, 6.45) is 4.35. The molecule has 0 unspecified atom stereocenters. The largest absolute Gasteiger partial charge is 0.496 e. The van der Waals surface area contributed by atoms with E-state index in [-0.39, 0.29) is 0 Å². The number of hydrogen-bond donors (Lipinski definition) is 2. The lowest BCUT2D eigenvalue weighted by molar-refractivity contribution is -0.117. The first kappa shape index (κ1) is 16.4. The van der Waals surface area contributed by atoms with Crippen molar-refractivity contribution in [2.45, 2.75) is 13.8 Å². The molecule has 6 heteroatoms. The second-order valence-electron chi connectivity index (χ2n) is 4.91. The Morgan fingerprint density at radius 3 is 2.61 bits per heavy atom. The molecule has 0 spiro atoms. The molecular weight excluding hydrogens is 296 g/mol. The van der Waals surface area contributed by atoms with Crippen LogP contribution in [0.1, 0.15) is 27.2 Å². The number of methoxy groups -OCH3 is 1. The topological polar surface area (TPSA) is 80.6 Å². The van der Waals surface area contributed by atoms with Crippen LogP contribution in [0.4, 0.5) is 0 Å². The molecule has 6 nitrogen and oxygen atoms in total. The van der Waals surface area contributed by atoms with E-state index in [9.17, 15) is 9.59 Å². The summed E-state index contributed by atoms with van der Waals surface area (Å²) in [6, 6.07) is 7.18. The van der Waals surface area contributed by atoms with E-state index < -0.39 is 11.8 Å². The minimum atomic E-state index is -0.456. The molecule has 2 aromatic rings. The normalized spacial score (nSPS) is 10.6. The highest BCUT2D eigenvalue weighted by Gasteiger charge is 2.11. The molecule has 0 aliphatic rings. The number of carbonyl (C=O) groups excluding carboxylic acids is 2. The Morgan fingerprint density at radius 2 is 1.96 bits per heavy atom. The number of benzene rings is 1. The molecule has 23 heavy (non-hydrogen) atoms. The van der Waals surface area contributed by atoms with Crippen molar-refractivity contribution in [2.75, 3.05) is 7.11 Å². The third kappa shape index (κ3) is 4.23. The van der Waals surface area contributed by atoms with Gasteiger partial charge in [0.2, 0.25) is 0 Å². The molecule has 0 radical (unpaired) electrons. The van der Waals surface area contributed by atoms with Gasteiger partial charge in [0.1, 0.15) is 11.5 Å². The van der Waals surface area contributed by atoms with Gasteiger partial charge in [-0.25, -0.2) is 0 Å². The van der Waals surface area contributed by atoms with Gasteiger partial charge in [0.05, 0.1) is 18.9 Å². The molecule has 0 saturated carbocycles. The fraction of sp³-hybridized carbons (Fsp3) is 0.176. The van der Waals surface area contributed by atoms with Crippen LogP contribution in [0.2, 0.25) is 0 Å². The Bertz CT molecular complexity index is 747. The van der Waals surface area contributed by atoms with E-state index >= 15 is 0 Å². The predicted octanol–water partition coefficient (Wildman–Crippen LogP) is 2.38. The Morgan fingerprint density at radius 1 is 1.17 bits per heavy atom. The van der Waals surface area contributed by atoms with Crippen molar-refractivity contribution in [3.63, 3.8) is 0 Å². The summed E-state index contributed by atoms with van der Waals surface area (Å²) in [5.74, 6) is 0.253. The average Bonchev–Trinajstić information content (AvgIpc) is 2.97. The zero-order valence-corrected chi connectivity index (χ0v) is 13.2. The van der Waals surface area contributed by atoms with Gasteiger partial charge < -0.3 is 9.15 Å². The maximum absolute atomic E-state index is 11.8. The fourth-order valence-corrected chi connectivity index (χ4v) is 2.00. The van der Waals surface area contributed by atoms with Crippen LogP contribution in [-0.4, -0.2) is 18.9 Å². The molecule has 0 atom stereocenters. The third-order valence-electron chi connectivity index (χ3n) is 3.20. The van der Waals surface area contributed by atoms with Crippen LogP contribution in [0.5, 0.6) is 5.75 Å². The van der Waals surface area contributed by atoms with E-state index in [1.54, 1.807) is 20.1 Å². The monoisotopic (exact) mass is 314 g/mol. The number of aryl methyl sites for hydroxylation is 2. The van der Waals surface area contributed by atoms with Gasteiger partial charge in [-0.3, -0.25) is 20.4 Å². The Balaban J connectivity index is 1.96. The van der Waals surface area contributed by atoms with Gasteiger partial charge in [0, 0.05) is 11.6 Å². The lowest BCUT2D eigenvalue weighted by Gasteiger charge is -2.06. The van der Waals surface area contributed by atoms with Crippen LogP contribution < -0.4 is 15.6 Å². The summed E-state index contributed by atoms with van der Waals surface area (Å²) in [5, 5.41) is 0. The van der Waals surface area contributed by atoms with Gasteiger partial charge in [-0.15, -0.1) is 0 Å². The van der Waals surface area contributed by atoms with Gasteiger partial charge >= 0.3 is 0 Å². The lowest BCUT2D eigenvalue weighted by atomic mass is 10.1. The maximum Gasteiger partial charge on any atom is 0.273 e. The standard InChI is InChI=1S/C17H18N2O4/c1-11-4-6-15(22-3)13(10-11)5-7-16(20)18-19-17(21)14-8-9-23-12(14)2/h4-10H,1-3H3,(H,18,20)(H,19,21)/b7-5+. The summed E-state index contributed by atoms with van der Waals surface area (Å²) in [7, 11) is 1.57. The van der Waals surface area contributed by atoms with Gasteiger partial charge in [-0.1, -0.05) is 11.6 Å². The summed E-state index contributed by atoms with van der Waals surface area (Å²) in [6.45, 7) is 3.62. The zero-order valence-electron chi connectivity index (χ0n) is 13.2. The average molecular weight is 314 g/mol. The molecule has 1 heterocycles. The number of hydrazine groups is 1. The molecule has 0 bridgehead atoms. The van der Waals surface area contributed by atoms with Gasteiger partial charge in [0.25, 0.3) is 11.8 Å². The number of carbonyl (C=O) groups is 2. The summed E-state index contributed by atoms with van der Waals surface area (Å²) >= 11 is 0. The highest BCUT2D eigenvalue weighted by Crippen LogP contribution is 2.20. The van der Waals surface area contributed by atoms with Crippen LogP contribution in [0.3, 0.4) is 0 Å². The first-order valence-electron chi connectivity index (χ1n) is 6.98. The van der Waals surface area contributed by atoms with Crippen LogP contribution in [0.25, 0.3) is 6.08 Å². The summed E-state index contributed by atoms with van der Waals surface area (Å²) < 4.78 is 10.3. The van der Waals surface area contributed by atoms with E-state index in [0.29, 0.717) is 17.1 Å². The van der Waals surface area contributed by atoms with Crippen molar-refractivity contribution in [1.29, 1.82) is 0 Å². The second kappa shape index (κ2) is 7.31. The number of ether oxygens (including phenoxy) is 1. The lowest BCUT2D eigenvalue weighted by Crippen LogP contribution is -2.40. The molecule has 0 fully saturated rings. The molecule has 0 aliphatic heterocycles. The van der Waals surface area contributed by atoms with Crippen molar-refractivity contribution < 1.29 is 18.7 Å². The SMILES string of the molecule is COc1ccc(C)cc1/C=C/C(=O)NNC(=O)c1ccoc1C. The van der Waals surface area contributed by atoms with Crippen molar-refractivity contribution >= 4 is 17.9 Å². The Kier molecular flexibility index (Phi) is 5.19.